The minimum atomic E-state index is -0.156. The summed E-state index contributed by atoms with van der Waals surface area (Å²) in [4.78, 5) is 28.1. The van der Waals surface area contributed by atoms with Crippen LogP contribution in [0, 0.1) is 5.92 Å². The predicted octanol–water partition coefficient (Wildman–Crippen LogP) is 4.89. The number of rotatable bonds is 4. The molecule has 0 fully saturated rings. The molecular formula is C23H25N3O2. The van der Waals surface area contributed by atoms with Crippen molar-refractivity contribution in [3.8, 4) is 0 Å². The van der Waals surface area contributed by atoms with Crippen LogP contribution in [0.25, 0.3) is 10.9 Å². The maximum atomic E-state index is 13.0. The molecule has 1 atom stereocenters. The summed E-state index contributed by atoms with van der Waals surface area (Å²) in [6.07, 6.45) is 3.68. The van der Waals surface area contributed by atoms with Crippen molar-refractivity contribution < 1.29 is 9.59 Å². The van der Waals surface area contributed by atoms with Gasteiger partial charge in [-0.3, -0.25) is 9.59 Å². The summed E-state index contributed by atoms with van der Waals surface area (Å²) in [6.45, 7) is 4.08. The Labute approximate surface area is 164 Å². The van der Waals surface area contributed by atoms with E-state index in [1.807, 2.05) is 30.3 Å². The van der Waals surface area contributed by atoms with Crippen molar-refractivity contribution in [1.29, 1.82) is 0 Å². The van der Waals surface area contributed by atoms with Crippen LogP contribution in [0.5, 0.6) is 0 Å². The standard InChI is InChI=1S/C23H25N3O2/c1-3-21(27)24-15-6-4-7-16(13-15)25-23(28)18-9-5-8-17-19-12-14(2)10-11-20(19)26-22(17)18/h4-9,13-14,26H,3,10-12H2,1-2H3,(H,24,27)(H,25,28). The Kier molecular flexibility index (Phi) is 4.90. The molecular weight excluding hydrogens is 350 g/mol. The predicted molar refractivity (Wildman–Crippen MR) is 113 cm³/mol. The van der Waals surface area contributed by atoms with Crippen LogP contribution in [0.4, 0.5) is 11.4 Å². The average molecular weight is 375 g/mol. The highest BCUT2D eigenvalue weighted by molar-refractivity contribution is 6.12. The second kappa shape index (κ2) is 7.50. The molecule has 2 amide bonds. The maximum absolute atomic E-state index is 13.0. The Bertz CT molecular complexity index is 1050. The lowest BCUT2D eigenvalue weighted by Crippen LogP contribution is -2.13. The third kappa shape index (κ3) is 3.52. The third-order valence-electron chi connectivity index (χ3n) is 5.44. The molecule has 4 rings (SSSR count). The van der Waals surface area contributed by atoms with E-state index in [9.17, 15) is 9.59 Å². The molecule has 1 unspecified atom stereocenters. The smallest absolute Gasteiger partial charge is 0.257 e. The second-order valence-corrected chi connectivity index (χ2v) is 7.59. The highest BCUT2D eigenvalue weighted by Gasteiger charge is 2.22. The van der Waals surface area contributed by atoms with E-state index in [0.29, 0.717) is 29.3 Å². The molecule has 5 nitrogen and oxygen atoms in total. The fourth-order valence-electron chi connectivity index (χ4n) is 3.93. The lowest BCUT2D eigenvalue weighted by molar-refractivity contribution is -0.115. The number of para-hydroxylation sites is 1. The van der Waals surface area contributed by atoms with E-state index in [1.54, 1.807) is 13.0 Å². The van der Waals surface area contributed by atoms with E-state index in [2.05, 4.69) is 28.6 Å². The van der Waals surface area contributed by atoms with Crippen LogP contribution >= 0.6 is 0 Å². The third-order valence-corrected chi connectivity index (χ3v) is 5.44. The Morgan fingerprint density at radius 3 is 2.64 bits per heavy atom. The first-order chi connectivity index (χ1) is 13.5. The van der Waals surface area contributed by atoms with Crippen LogP contribution in [0.3, 0.4) is 0 Å². The molecule has 1 aliphatic rings. The van der Waals surface area contributed by atoms with E-state index < -0.39 is 0 Å². The molecule has 0 spiro atoms. The lowest BCUT2D eigenvalue weighted by Gasteiger charge is -2.17. The Balaban J connectivity index is 1.61. The van der Waals surface area contributed by atoms with Crippen molar-refractivity contribution in [2.75, 3.05) is 10.6 Å². The van der Waals surface area contributed by atoms with Crippen molar-refractivity contribution in [3.63, 3.8) is 0 Å². The van der Waals surface area contributed by atoms with Crippen molar-refractivity contribution in [2.24, 2.45) is 5.92 Å². The maximum Gasteiger partial charge on any atom is 0.257 e. The summed E-state index contributed by atoms with van der Waals surface area (Å²) in [5.41, 5.74) is 5.50. The van der Waals surface area contributed by atoms with Crippen LogP contribution in [-0.4, -0.2) is 16.8 Å². The van der Waals surface area contributed by atoms with Gasteiger partial charge < -0.3 is 15.6 Å². The number of aromatic nitrogens is 1. The van der Waals surface area contributed by atoms with E-state index in [4.69, 9.17) is 0 Å². The topological polar surface area (TPSA) is 74.0 Å². The monoisotopic (exact) mass is 375 g/mol. The van der Waals surface area contributed by atoms with Crippen LogP contribution in [0.15, 0.2) is 42.5 Å². The van der Waals surface area contributed by atoms with Gasteiger partial charge in [0.05, 0.1) is 11.1 Å². The number of anilines is 2. The first-order valence-corrected chi connectivity index (χ1v) is 9.89. The molecule has 1 aliphatic carbocycles. The van der Waals surface area contributed by atoms with Gasteiger partial charge in [-0.1, -0.05) is 32.0 Å². The number of carbonyl (C=O) groups excluding carboxylic acids is 2. The summed E-state index contributed by atoms with van der Waals surface area (Å²) >= 11 is 0. The van der Waals surface area contributed by atoms with Crippen LogP contribution < -0.4 is 10.6 Å². The van der Waals surface area contributed by atoms with Crippen LogP contribution in [0.1, 0.15) is 48.3 Å². The van der Waals surface area contributed by atoms with Crippen molar-refractivity contribution in [3.05, 3.63) is 59.3 Å². The number of hydrogen-bond acceptors (Lipinski definition) is 2. The van der Waals surface area contributed by atoms with Gasteiger partial charge in [-0.15, -0.1) is 0 Å². The first kappa shape index (κ1) is 18.3. The number of amides is 2. The van der Waals surface area contributed by atoms with Gasteiger partial charge in [0, 0.05) is 28.9 Å². The number of aryl methyl sites for hydroxylation is 1. The summed E-state index contributed by atoms with van der Waals surface area (Å²) in [5, 5.41) is 6.93. The normalized spacial score (nSPS) is 15.9. The molecule has 144 valence electrons. The fourth-order valence-corrected chi connectivity index (χ4v) is 3.93. The molecule has 2 aromatic carbocycles. The molecule has 0 bridgehead atoms. The number of nitrogens with one attached hydrogen (secondary N) is 3. The zero-order chi connectivity index (χ0) is 19.7. The Morgan fingerprint density at radius 1 is 1.11 bits per heavy atom. The van der Waals surface area contributed by atoms with Crippen molar-refractivity contribution in [1.82, 2.24) is 4.98 Å². The molecule has 28 heavy (non-hydrogen) atoms. The Hall–Kier alpha value is -3.08. The first-order valence-electron chi connectivity index (χ1n) is 9.89. The van der Waals surface area contributed by atoms with Gasteiger partial charge in [-0.25, -0.2) is 0 Å². The fraction of sp³-hybridized carbons (Fsp3) is 0.304. The van der Waals surface area contributed by atoms with E-state index in [-0.39, 0.29) is 11.8 Å². The zero-order valence-corrected chi connectivity index (χ0v) is 16.3. The van der Waals surface area contributed by atoms with Crippen molar-refractivity contribution in [2.45, 2.75) is 39.5 Å². The SMILES string of the molecule is CCC(=O)Nc1cccc(NC(=O)c2cccc3c4c([nH]c23)CCC(C)C4)c1. The number of hydrogen-bond donors (Lipinski definition) is 3. The molecule has 0 radical (unpaired) electrons. The van der Waals surface area contributed by atoms with Gasteiger partial charge >= 0.3 is 0 Å². The second-order valence-electron chi connectivity index (χ2n) is 7.59. The van der Waals surface area contributed by atoms with Gasteiger partial charge in [0.2, 0.25) is 5.91 Å². The molecule has 1 aromatic heterocycles. The molecule has 0 aliphatic heterocycles. The van der Waals surface area contributed by atoms with Gasteiger partial charge in [0.1, 0.15) is 0 Å². The van der Waals surface area contributed by atoms with Crippen LogP contribution in [0.2, 0.25) is 0 Å². The number of aromatic amines is 1. The van der Waals surface area contributed by atoms with Gasteiger partial charge in [0.15, 0.2) is 0 Å². The molecule has 3 N–H and O–H groups in total. The minimum absolute atomic E-state index is 0.0561. The van der Waals surface area contributed by atoms with Gasteiger partial charge in [0.25, 0.3) is 5.91 Å². The quantitative estimate of drug-likeness (QED) is 0.607. The summed E-state index contributed by atoms with van der Waals surface area (Å²) in [6, 6.07) is 13.1. The van der Waals surface area contributed by atoms with Crippen LogP contribution in [-0.2, 0) is 17.6 Å². The van der Waals surface area contributed by atoms with Gasteiger partial charge in [-0.2, -0.15) is 0 Å². The molecule has 0 saturated heterocycles. The molecule has 3 aromatic rings. The summed E-state index contributed by atoms with van der Waals surface area (Å²) in [5.74, 6) is 0.459. The minimum Gasteiger partial charge on any atom is -0.358 e. The van der Waals surface area contributed by atoms with E-state index in [0.717, 1.165) is 23.7 Å². The zero-order valence-electron chi connectivity index (χ0n) is 16.3. The van der Waals surface area contributed by atoms with E-state index in [1.165, 1.54) is 17.7 Å². The van der Waals surface area contributed by atoms with E-state index >= 15 is 0 Å². The summed E-state index contributed by atoms with van der Waals surface area (Å²) < 4.78 is 0. The molecule has 5 heteroatoms. The van der Waals surface area contributed by atoms with Gasteiger partial charge in [-0.05, 0) is 55.0 Å². The molecule has 0 saturated carbocycles. The largest absolute Gasteiger partial charge is 0.358 e. The average Bonchev–Trinajstić information content (AvgIpc) is 3.06. The number of carbonyl (C=O) groups is 2. The van der Waals surface area contributed by atoms with Crippen molar-refractivity contribution >= 4 is 34.1 Å². The number of benzene rings is 2. The summed E-state index contributed by atoms with van der Waals surface area (Å²) in [7, 11) is 0. The highest BCUT2D eigenvalue weighted by atomic mass is 16.2. The lowest BCUT2D eigenvalue weighted by atomic mass is 9.87. The number of H-pyrrole nitrogens is 1. The number of fused-ring (bicyclic) bond motifs is 3. The highest BCUT2D eigenvalue weighted by Crippen LogP contribution is 2.33. The molecule has 1 heterocycles. The Morgan fingerprint density at radius 2 is 1.86 bits per heavy atom.